The third kappa shape index (κ3) is 7.76. The SMILES string of the molecule is Cc1cc(OCC#Cc2ccc3c(c2)C(=O)N(C(CC(=O)OC(=O)C(F)(F)F)c2ccccc2)CC(=O)N3c2ccccc2)nc(N)n1. The van der Waals surface area contributed by atoms with E-state index < -0.39 is 48.9 Å². The van der Waals surface area contributed by atoms with Crippen LogP contribution in [-0.2, 0) is 19.1 Å². The number of alkyl halides is 3. The summed E-state index contributed by atoms with van der Waals surface area (Å²) in [5, 5.41) is 0. The number of hydrogen-bond acceptors (Lipinski definition) is 9. The van der Waals surface area contributed by atoms with E-state index in [0.29, 0.717) is 22.5 Å². The Morgan fingerprint density at radius 2 is 1.67 bits per heavy atom. The van der Waals surface area contributed by atoms with Crippen molar-refractivity contribution in [1.29, 1.82) is 0 Å². The van der Waals surface area contributed by atoms with Gasteiger partial charge in [0, 0.05) is 23.0 Å². The van der Waals surface area contributed by atoms with Gasteiger partial charge in [-0.1, -0.05) is 60.4 Å². The number of nitrogen functional groups attached to an aromatic ring is 1. The first-order valence-electron chi connectivity index (χ1n) is 14.3. The lowest BCUT2D eigenvalue weighted by molar-refractivity contribution is -0.202. The molecule has 1 unspecified atom stereocenters. The van der Waals surface area contributed by atoms with Crippen molar-refractivity contribution in [3.05, 3.63) is 107 Å². The minimum Gasteiger partial charge on any atom is -0.464 e. The highest BCUT2D eigenvalue weighted by molar-refractivity contribution is 6.13. The first kappa shape index (κ1) is 33.1. The molecule has 2 heterocycles. The normalized spacial score (nSPS) is 13.5. The lowest BCUT2D eigenvalue weighted by atomic mass is 10.00. The molecule has 11 nitrogen and oxygen atoms in total. The number of benzene rings is 3. The Kier molecular flexibility index (Phi) is 9.69. The van der Waals surface area contributed by atoms with Gasteiger partial charge in [0.15, 0.2) is 6.61 Å². The maximum atomic E-state index is 14.3. The van der Waals surface area contributed by atoms with Gasteiger partial charge in [0.05, 0.1) is 23.7 Å². The predicted molar refractivity (Wildman–Crippen MR) is 166 cm³/mol. The predicted octanol–water partition coefficient (Wildman–Crippen LogP) is 4.68. The van der Waals surface area contributed by atoms with Crippen LogP contribution in [0.25, 0.3) is 0 Å². The quantitative estimate of drug-likeness (QED) is 0.170. The van der Waals surface area contributed by atoms with E-state index in [0.717, 1.165) is 4.90 Å². The molecule has 1 aliphatic rings. The zero-order chi connectivity index (χ0) is 34.4. The van der Waals surface area contributed by atoms with E-state index in [1.54, 1.807) is 73.7 Å². The van der Waals surface area contributed by atoms with Crippen LogP contribution in [0.1, 0.15) is 39.6 Å². The molecular weight excluding hydrogens is 631 g/mol. The minimum atomic E-state index is -5.41. The largest absolute Gasteiger partial charge is 0.491 e. The lowest BCUT2D eigenvalue weighted by Gasteiger charge is -2.30. The zero-order valence-electron chi connectivity index (χ0n) is 25.2. The van der Waals surface area contributed by atoms with E-state index in [-0.39, 0.29) is 29.7 Å². The highest BCUT2D eigenvalue weighted by Crippen LogP contribution is 2.37. The number of fused-ring (bicyclic) bond motifs is 1. The fourth-order valence-corrected chi connectivity index (χ4v) is 5.00. The summed E-state index contributed by atoms with van der Waals surface area (Å²) in [6.07, 6.45) is -6.26. The second kappa shape index (κ2) is 14.0. The number of hydrogen-bond donors (Lipinski definition) is 1. The van der Waals surface area contributed by atoms with Crippen LogP contribution in [0.5, 0.6) is 5.88 Å². The molecule has 2 N–H and O–H groups in total. The van der Waals surface area contributed by atoms with Gasteiger partial charge in [-0.05, 0) is 42.8 Å². The molecule has 0 fully saturated rings. The molecule has 0 radical (unpaired) electrons. The summed E-state index contributed by atoms with van der Waals surface area (Å²) in [4.78, 5) is 62.6. The zero-order valence-corrected chi connectivity index (χ0v) is 25.2. The molecule has 0 aliphatic carbocycles. The molecule has 0 saturated carbocycles. The molecule has 48 heavy (non-hydrogen) atoms. The van der Waals surface area contributed by atoms with Gasteiger partial charge in [-0.2, -0.15) is 18.2 Å². The average Bonchev–Trinajstić information content (AvgIpc) is 3.15. The maximum absolute atomic E-state index is 14.3. The van der Waals surface area contributed by atoms with Crippen molar-refractivity contribution < 1.29 is 41.8 Å². The first-order valence-corrected chi connectivity index (χ1v) is 14.3. The van der Waals surface area contributed by atoms with Crippen molar-refractivity contribution in [2.24, 2.45) is 0 Å². The number of rotatable bonds is 7. The van der Waals surface area contributed by atoms with Crippen LogP contribution in [-0.4, -0.2) is 57.9 Å². The van der Waals surface area contributed by atoms with Crippen LogP contribution in [0, 0.1) is 18.8 Å². The Hall–Kier alpha value is -6.23. The summed E-state index contributed by atoms with van der Waals surface area (Å²) in [5.41, 5.74) is 7.63. The second-order valence-corrected chi connectivity index (χ2v) is 10.4. The number of halogens is 3. The van der Waals surface area contributed by atoms with Gasteiger partial charge in [0.1, 0.15) is 6.54 Å². The third-order valence-electron chi connectivity index (χ3n) is 7.03. The Morgan fingerprint density at radius 1 is 0.979 bits per heavy atom. The van der Waals surface area contributed by atoms with E-state index in [1.807, 2.05) is 0 Å². The number of aromatic nitrogens is 2. The molecular formula is C34H26F3N5O6. The maximum Gasteiger partial charge on any atom is 0.491 e. The molecule has 5 rings (SSSR count). The standard InChI is InChI=1S/C34H26F3N5O6/c1-21-17-28(40-33(38)39-21)47-16-8-9-22-14-15-26-25(18-22)31(45)41(20-29(43)42(26)24-12-6-3-7-13-24)27(23-10-4-2-5-11-23)19-30(44)48-32(46)34(35,36)37/h2-7,10-15,17-18,27H,16,19-20H2,1H3,(H2,38,39,40). The van der Waals surface area contributed by atoms with Gasteiger partial charge in [0.25, 0.3) is 11.8 Å². The molecule has 1 atom stereocenters. The third-order valence-corrected chi connectivity index (χ3v) is 7.03. The van der Waals surface area contributed by atoms with Gasteiger partial charge in [-0.25, -0.2) is 9.78 Å². The second-order valence-electron chi connectivity index (χ2n) is 10.4. The van der Waals surface area contributed by atoms with E-state index in [4.69, 9.17) is 10.5 Å². The van der Waals surface area contributed by atoms with E-state index in [2.05, 4.69) is 26.5 Å². The van der Waals surface area contributed by atoms with Crippen molar-refractivity contribution in [2.45, 2.75) is 25.6 Å². The number of anilines is 3. The number of carbonyl (C=O) groups excluding carboxylic acids is 4. The number of aryl methyl sites for hydroxylation is 1. The molecule has 0 spiro atoms. The molecule has 1 aliphatic heterocycles. The molecule has 1 aromatic heterocycles. The fraction of sp³-hybridized carbons (Fsp3) is 0.176. The molecule has 2 amide bonds. The Morgan fingerprint density at radius 3 is 2.33 bits per heavy atom. The molecule has 0 bridgehead atoms. The van der Waals surface area contributed by atoms with Crippen molar-refractivity contribution in [3.63, 3.8) is 0 Å². The van der Waals surface area contributed by atoms with Crippen LogP contribution < -0.4 is 15.4 Å². The van der Waals surface area contributed by atoms with Gasteiger partial charge in [-0.3, -0.25) is 19.3 Å². The van der Waals surface area contributed by atoms with Gasteiger partial charge < -0.3 is 20.1 Å². The van der Waals surface area contributed by atoms with Crippen LogP contribution in [0.3, 0.4) is 0 Å². The highest BCUT2D eigenvalue weighted by atomic mass is 19.4. The monoisotopic (exact) mass is 657 g/mol. The summed E-state index contributed by atoms with van der Waals surface area (Å²) in [7, 11) is 0. The summed E-state index contributed by atoms with van der Waals surface area (Å²) in [6.45, 7) is 1.07. The molecule has 3 aromatic carbocycles. The number of nitrogens with zero attached hydrogens (tertiary/aromatic N) is 4. The van der Waals surface area contributed by atoms with E-state index in [1.165, 1.54) is 23.1 Å². The number of nitrogens with two attached hydrogens (primary N) is 1. The summed E-state index contributed by atoms with van der Waals surface area (Å²) >= 11 is 0. The molecule has 4 aromatic rings. The minimum absolute atomic E-state index is 0.0253. The summed E-state index contributed by atoms with van der Waals surface area (Å²) in [5.74, 6) is 0.490. The van der Waals surface area contributed by atoms with Crippen molar-refractivity contribution in [3.8, 4) is 17.7 Å². The number of para-hydroxylation sites is 1. The fourth-order valence-electron chi connectivity index (χ4n) is 5.00. The van der Waals surface area contributed by atoms with Crippen LogP contribution in [0.15, 0.2) is 84.9 Å². The van der Waals surface area contributed by atoms with Crippen molar-refractivity contribution >= 4 is 41.1 Å². The van der Waals surface area contributed by atoms with E-state index >= 15 is 0 Å². The molecule has 0 saturated heterocycles. The van der Waals surface area contributed by atoms with Crippen molar-refractivity contribution in [1.82, 2.24) is 14.9 Å². The molecule has 244 valence electrons. The van der Waals surface area contributed by atoms with Crippen molar-refractivity contribution in [2.75, 3.05) is 23.8 Å². The average molecular weight is 658 g/mol. The van der Waals surface area contributed by atoms with Crippen LogP contribution >= 0.6 is 0 Å². The topological polar surface area (TPSA) is 145 Å². The van der Waals surface area contributed by atoms with Gasteiger partial charge in [-0.15, -0.1) is 0 Å². The smallest absolute Gasteiger partial charge is 0.464 e. The Bertz CT molecular complexity index is 1910. The summed E-state index contributed by atoms with van der Waals surface area (Å²) < 4.78 is 48.2. The Balaban J connectivity index is 1.52. The number of esters is 2. The first-order chi connectivity index (χ1) is 22.9. The number of ether oxygens (including phenoxy) is 2. The number of amides is 2. The highest BCUT2D eigenvalue weighted by Gasteiger charge is 2.43. The summed E-state index contributed by atoms with van der Waals surface area (Å²) in [6, 6.07) is 21.4. The molecule has 14 heteroatoms. The number of carbonyl (C=O) groups is 4. The lowest BCUT2D eigenvalue weighted by Crippen LogP contribution is -2.41. The van der Waals surface area contributed by atoms with Crippen LogP contribution in [0.4, 0.5) is 30.5 Å². The van der Waals surface area contributed by atoms with E-state index in [9.17, 15) is 32.3 Å². The van der Waals surface area contributed by atoms with Crippen LogP contribution in [0.2, 0.25) is 0 Å². The van der Waals surface area contributed by atoms with Gasteiger partial charge >= 0.3 is 18.1 Å². The van der Waals surface area contributed by atoms with Gasteiger partial charge in [0.2, 0.25) is 11.8 Å². The Labute approximate surface area is 272 Å².